The Morgan fingerprint density at radius 2 is 0.523 bits per heavy atom. The minimum Gasteiger partial charge on any atom is -0.507 e. The quantitative estimate of drug-likeness (QED) is 0.0619. The van der Waals surface area contributed by atoms with E-state index in [4.69, 9.17) is 48.4 Å². The van der Waals surface area contributed by atoms with Crippen LogP contribution in [-0.2, 0) is 28.4 Å². The van der Waals surface area contributed by atoms with Gasteiger partial charge in [-0.05, 0) is 136 Å². The zero-order chi connectivity index (χ0) is 60.5. The Labute approximate surface area is 514 Å². The third-order valence-electron chi connectivity index (χ3n) is 16.0. The van der Waals surface area contributed by atoms with Crippen molar-refractivity contribution >= 4 is 76.0 Å². The van der Waals surface area contributed by atoms with Crippen molar-refractivity contribution in [1.29, 1.82) is 0 Å². The van der Waals surface area contributed by atoms with E-state index >= 15 is 0 Å². The molecule has 0 amide bonds. The SMILES string of the molecule is Oc1c2cccc3c2c(O)c2cccc(c12)=NCCCOCCCCOCCCN=c1cccc2c(O)c4c(cccc4c(O)c12)=NCCCOCCCCOCCCNc1cccc2cc4c(cccc4cc12)NCCCOCCCCOCCCN=3. The summed E-state index contributed by atoms with van der Waals surface area (Å²) in [5.41, 5.74) is 2.24. The van der Waals surface area contributed by atoms with Gasteiger partial charge in [0.05, 0.1) is 43.0 Å². The topological polar surface area (TPSA) is 210 Å². The lowest BCUT2D eigenvalue weighted by Crippen LogP contribution is -2.09. The predicted octanol–water partition coefficient (Wildman–Crippen LogP) is 11.9. The Morgan fingerprint density at radius 1 is 0.273 bits per heavy atom. The number of phenolic OH excluding ortho intramolecular Hbond substituents is 4. The van der Waals surface area contributed by atoms with Crippen molar-refractivity contribution in [2.45, 2.75) is 77.0 Å². The van der Waals surface area contributed by atoms with Gasteiger partial charge in [0.25, 0.3) is 0 Å². The molecule has 0 spiro atoms. The number of anilines is 2. The molecule has 6 heterocycles. The second kappa shape index (κ2) is 33.6. The van der Waals surface area contributed by atoms with Crippen LogP contribution in [0.1, 0.15) is 77.0 Å². The highest BCUT2D eigenvalue weighted by atomic mass is 16.5. The number of hydrogen-bond donors (Lipinski definition) is 6. The van der Waals surface area contributed by atoms with Gasteiger partial charge >= 0.3 is 0 Å². The van der Waals surface area contributed by atoms with Crippen LogP contribution in [0, 0.1) is 0 Å². The van der Waals surface area contributed by atoms with E-state index < -0.39 is 0 Å². The Kier molecular flexibility index (Phi) is 24.2. The summed E-state index contributed by atoms with van der Waals surface area (Å²) < 4.78 is 35.7. The summed E-state index contributed by atoms with van der Waals surface area (Å²) in [6, 6.07) is 39.5. The van der Waals surface area contributed by atoms with Crippen LogP contribution in [0.25, 0.3) is 64.6 Å². The van der Waals surface area contributed by atoms with E-state index in [9.17, 15) is 20.4 Å². The predicted molar refractivity (Wildman–Crippen MR) is 352 cm³/mol. The standard InChI is InChI=1S/C72H86N6O10/c79-69-55-23-11-29-63-67(55)71(81)53-21-9-27-61(65(53)69)75-33-15-45-85-39-3-1-37-83-43-13-31-73-59-25-7-19-51-50-58-52(49-57(51)59)20-8-26-60(58)74-32-14-44-84-38-2-4-40-86-46-16-34-76-62-28-10-22-54-66(62)70(80)56-24-12-30-64(68(56)72(54)82)78-36-18-48-88-42-6-5-41-87-47-17-35-77-63/h7-12,19-30,49-50,73-74,79-82H,1-6,13-18,31-48H2. The number of aromatic hydroxyl groups is 4. The molecule has 16 nitrogen and oxygen atoms in total. The van der Waals surface area contributed by atoms with E-state index in [-0.39, 0.29) is 23.0 Å². The number of phenols is 4. The van der Waals surface area contributed by atoms with Crippen molar-refractivity contribution in [2.75, 3.05) is 129 Å². The van der Waals surface area contributed by atoms with E-state index in [0.717, 1.165) is 88.7 Å². The molecule has 464 valence electrons. The molecule has 0 radical (unpaired) electrons. The Morgan fingerprint density at radius 3 is 0.807 bits per heavy atom. The summed E-state index contributed by atoms with van der Waals surface area (Å²) in [4.78, 5) is 19.3. The van der Waals surface area contributed by atoms with Crippen molar-refractivity contribution in [2.24, 2.45) is 20.0 Å². The van der Waals surface area contributed by atoms with Crippen LogP contribution in [-0.4, -0.2) is 139 Å². The lowest BCUT2D eigenvalue weighted by atomic mass is 9.99. The van der Waals surface area contributed by atoms with E-state index in [1.54, 1.807) is 12.1 Å². The summed E-state index contributed by atoms with van der Waals surface area (Å²) in [5, 5.41) is 65.3. The van der Waals surface area contributed by atoms with Crippen LogP contribution in [0.15, 0.2) is 141 Å². The number of rotatable bonds is 0. The Bertz CT molecular complexity index is 3760. The fourth-order valence-electron chi connectivity index (χ4n) is 11.5. The van der Waals surface area contributed by atoms with Gasteiger partial charge in [0.1, 0.15) is 23.0 Å². The van der Waals surface area contributed by atoms with Crippen molar-refractivity contribution in [3.05, 3.63) is 143 Å². The molecule has 0 fully saturated rings. The van der Waals surface area contributed by atoms with Crippen LogP contribution in [0.5, 0.6) is 23.0 Å². The lowest BCUT2D eigenvalue weighted by molar-refractivity contribution is 0.102. The minimum atomic E-state index is 0.0748. The zero-order valence-electron chi connectivity index (χ0n) is 50.8. The Balaban J connectivity index is 0.727. The van der Waals surface area contributed by atoms with E-state index in [1.165, 1.54) is 21.5 Å². The molecule has 0 saturated carbocycles. The van der Waals surface area contributed by atoms with Crippen LogP contribution >= 0.6 is 0 Å². The van der Waals surface area contributed by atoms with Crippen molar-refractivity contribution in [1.82, 2.24) is 0 Å². The summed E-state index contributed by atoms with van der Waals surface area (Å²) in [5.74, 6) is 0.303. The summed E-state index contributed by atoms with van der Waals surface area (Å²) >= 11 is 0. The summed E-state index contributed by atoms with van der Waals surface area (Å²) in [6.45, 7) is 11.2. The maximum atomic E-state index is 11.6. The van der Waals surface area contributed by atoms with Crippen molar-refractivity contribution < 1.29 is 48.8 Å². The van der Waals surface area contributed by atoms with Gasteiger partial charge in [0, 0.05) is 162 Å². The molecule has 18 bridgehead atoms. The normalized spacial score (nSPS) is 17.3. The van der Waals surface area contributed by atoms with Crippen molar-refractivity contribution in [3.8, 4) is 23.0 Å². The van der Waals surface area contributed by atoms with Gasteiger partial charge < -0.3 is 59.5 Å². The van der Waals surface area contributed by atoms with E-state index in [0.29, 0.717) is 183 Å². The zero-order valence-corrected chi connectivity index (χ0v) is 50.8. The highest BCUT2D eigenvalue weighted by molar-refractivity contribution is 6.11. The van der Waals surface area contributed by atoms with Gasteiger partial charge in [-0.2, -0.15) is 0 Å². The monoisotopic (exact) mass is 1190 g/mol. The smallest absolute Gasteiger partial charge is 0.133 e. The van der Waals surface area contributed by atoms with Gasteiger partial charge in [-0.15, -0.1) is 0 Å². The highest BCUT2D eigenvalue weighted by Crippen LogP contribution is 2.40. The van der Waals surface area contributed by atoms with Gasteiger partial charge in [0.2, 0.25) is 0 Å². The van der Waals surface area contributed by atoms with Crippen molar-refractivity contribution in [3.63, 3.8) is 0 Å². The fourth-order valence-corrected chi connectivity index (χ4v) is 11.5. The van der Waals surface area contributed by atoms with Crippen LogP contribution in [0.3, 0.4) is 0 Å². The molecule has 16 heteroatoms. The average Bonchev–Trinajstić information content (AvgIpc) is 1.34. The molecule has 6 aliphatic heterocycles. The third kappa shape index (κ3) is 16.7. The minimum absolute atomic E-state index is 0.0748. The van der Waals surface area contributed by atoms with Crippen LogP contribution < -0.4 is 32.1 Å². The molecular weight excluding hydrogens is 1110 g/mol. The van der Waals surface area contributed by atoms with E-state index in [2.05, 4.69) is 59.2 Å². The number of ether oxygens (including phenoxy) is 6. The summed E-state index contributed by atoms with van der Waals surface area (Å²) in [6.07, 6.45) is 10.1. The molecule has 6 N–H and O–H groups in total. The first kappa shape index (κ1) is 63.3. The van der Waals surface area contributed by atoms with Gasteiger partial charge in [-0.25, -0.2) is 0 Å². The molecule has 0 aliphatic carbocycles. The molecule has 15 rings (SSSR count). The fraction of sp³-hybridized carbons (Fsp3) is 0.417. The molecule has 0 atom stereocenters. The van der Waals surface area contributed by atoms with Crippen LogP contribution in [0.4, 0.5) is 11.4 Å². The maximum absolute atomic E-state index is 11.6. The van der Waals surface area contributed by atoms with Gasteiger partial charge in [-0.1, -0.05) is 72.8 Å². The molecule has 9 aromatic carbocycles. The van der Waals surface area contributed by atoms with E-state index in [1.807, 2.05) is 60.7 Å². The largest absolute Gasteiger partial charge is 0.507 e. The molecule has 0 aromatic heterocycles. The Hall–Kier alpha value is -7.70. The molecule has 9 aromatic rings. The first-order valence-corrected chi connectivity index (χ1v) is 31.8. The number of nitrogens with one attached hydrogen (secondary N) is 2. The molecule has 0 saturated heterocycles. The number of nitrogens with zero attached hydrogens (tertiary/aromatic N) is 4. The molecule has 6 aliphatic rings. The molecule has 0 unspecified atom stereocenters. The second-order valence-electron chi connectivity index (χ2n) is 22.4. The molecule has 88 heavy (non-hydrogen) atoms. The first-order chi connectivity index (χ1) is 43.5. The lowest BCUT2D eigenvalue weighted by Gasteiger charge is -2.14. The average molecular weight is 1200 g/mol. The second-order valence-corrected chi connectivity index (χ2v) is 22.4. The van der Waals surface area contributed by atoms with Gasteiger partial charge in [-0.3, -0.25) is 20.0 Å². The number of benzene rings is 9. The first-order valence-electron chi connectivity index (χ1n) is 31.8. The van der Waals surface area contributed by atoms with Gasteiger partial charge in [0.15, 0.2) is 0 Å². The third-order valence-corrected chi connectivity index (χ3v) is 16.0. The highest BCUT2D eigenvalue weighted by Gasteiger charge is 2.18. The maximum Gasteiger partial charge on any atom is 0.133 e. The number of hydrogen-bond acceptors (Lipinski definition) is 16. The van der Waals surface area contributed by atoms with Crippen LogP contribution in [0.2, 0.25) is 0 Å². The summed E-state index contributed by atoms with van der Waals surface area (Å²) in [7, 11) is 0. The molecular formula is C72H86N6O10.